The molecule has 1 N–H and O–H groups in total. The first-order chi connectivity index (χ1) is 15.3. The predicted octanol–water partition coefficient (Wildman–Crippen LogP) is 7.01. The number of hydrogen-bond donors (Lipinski definition) is 1. The lowest BCUT2D eigenvalue weighted by molar-refractivity contribution is 0.102. The van der Waals surface area contributed by atoms with Gasteiger partial charge in [0.15, 0.2) is 0 Å². The smallest absolute Gasteiger partial charge is 0.259 e. The van der Waals surface area contributed by atoms with Gasteiger partial charge in [-0.3, -0.25) is 4.79 Å². The van der Waals surface area contributed by atoms with Gasteiger partial charge in [-0.05, 0) is 60.7 Å². The highest BCUT2D eigenvalue weighted by Crippen LogP contribution is 2.31. The Kier molecular flexibility index (Phi) is 5.17. The zero-order valence-corrected chi connectivity index (χ0v) is 17.3. The molecule has 0 atom stereocenters. The van der Waals surface area contributed by atoms with Gasteiger partial charge in [-0.1, -0.05) is 42.5 Å². The summed E-state index contributed by atoms with van der Waals surface area (Å²) in [7, 11) is 0. The van der Waals surface area contributed by atoms with E-state index in [2.05, 4.69) is 16.4 Å². The Morgan fingerprint density at radius 3 is 2.29 bits per heavy atom. The van der Waals surface area contributed by atoms with Crippen LogP contribution in [0.3, 0.4) is 0 Å². The Hall–Kier alpha value is -3.96. The van der Waals surface area contributed by atoms with Crippen LogP contribution >= 0.6 is 11.3 Å². The molecule has 0 bridgehead atoms. The third-order valence-corrected chi connectivity index (χ3v) is 5.87. The van der Waals surface area contributed by atoms with Gasteiger partial charge in [-0.15, -0.1) is 11.3 Å². The zero-order chi connectivity index (χ0) is 21.0. The van der Waals surface area contributed by atoms with Crippen LogP contribution in [-0.4, -0.2) is 10.9 Å². The average molecular weight is 423 g/mol. The lowest BCUT2D eigenvalue weighted by atomic mass is 10.1. The van der Waals surface area contributed by atoms with Crippen LogP contribution in [0.4, 0.5) is 5.69 Å². The van der Waals surface area contributed by atoms with Crippen LogP contribution in [0.1, 0.15) is 10.4 Å². The first kappa shape index (κ1) is 19.0. The number of carbonyl (C=O) groups is 1. The van der Waals surface area contributed by atoms with E-state index < -0.39 is 0 Å². The minimum Gasteiger partial charge on any atom is -0.457 e. The molecule has 0 saturated carbocycles. The molecule has 0 aliphatic carbocycles. The molecule has 31 heavy (non-hydrogen) atoms. The quantitative estimate of drug-likeness (QED) is 0.331. The van der Waals surface area contributed by atoms with E-state index >= 15 is 0 Å². The molecule has 5 rings (SSSR count). The van der Waals surface area contributed by atoms with Crippen molar-refractivity contribution >= 4 is 33.1 Å². The van der Waals surface area contributed by atoms with Crippen LogP contribution in [-0.2, 0) is 0 Å². The largest absolute Gasteiger partial charge is 0.457 e. The third-order valence-electron chi connectivity index (χ3n) is 4.79. The van der Waals surface area contributed by atoms with Crippen molar-refractivity contribution in [2.75, 3.05) is 5.32 Å². The fraction of sp³-hybridized carbons (Fsp3) is 0. The minimum atomic E-state index is -0.223. The number of para-hydroxylation sites is 3. The van der Waals surface area contributed by atoms with Gasteiger partial charge in [0, 0.05) is 11.3 Å². The Balaban J connectivity index is 1.34. The summed E-state index contributed by atoms with van der Waals surface area (Å²) >= 11 is 1.65. The molecule has 1 aromatic heterocycles. The van der Waals surface area contributed by atoms with Crippen LogP contribution in [0.25, 0.3) is 20.8 Å². The fourth-order valence-electron chi connectivity index (χ4n) is 3.25. The molecule has 4 nitrogen and oxygen atoms in total. The van der Waals surface area contributed by atoms with Crippen molar-refractivity contribution in [1.82, 2.24) is 4.98 Å². The number of anilines is 1. The van der Waals surface area contributed by atoms with Crippen LogP contribution in [0.2, 0.25) is 0 Å². The summed E-state index contributed by atoms with van der Waals surface area (Å²) in [5, 5.41) is 3.91. The monoisotopic (exact) mass is 422 g/mol. The van der Waals surface area contributed by atoms with E-state index in [1.165, 1.54) is 0 Å². The molecule has 0 unspecified atom stereocenters. The highest BCUT2D eigenvalue weighted by molar-refractivity contribution is 7.21. The number of nitrogens with one attached hydrogen (secondary N) is 1. The second kappa shape index (κ2) is 8.42. The molecule has 1 heterocycles. The van der Waals surface area contributed by atoms with E-state index in [9.17, 15) is 4.79 Å². The number of carbonyl (C=O) groups excluding carboxylic acids is 1. The molecular formula is C26H18N2O2S. The lowest BCUT2D eigenvalue weighted by Crippen LogP contribution is -2.12. The van der Waals surface area contributed by atoms with E-state index in [1.54, 1.807) is 23.5 Å². The lowest BCUT2D eigenvalue weighted by Gasteiger charge is -2.11. The van der Waals surface area contributed by atoms with Crippen molar-refractivity contribution < 1.29 is 9.53 Å². The molecule has 1 amide bonds. The molecule has 150 valence electrons. The summed E-state index contributed by atoms with van der Waals surface area (Å²) in [6, 6.07) is 32.4. The standard InChI is InChI=1S/C26H18N2O2S/c29-25(21-10-4-6-12-23(21)30-20-8-2-1-3-9-20)27-19-16-14-18(15-17-19)26-28-22-11-5-7-13-24(22)31-26/h1-17H,(H,27,29). The average Bonchev–Trinajstić information content (AvgIpc) is 3.25. The molecule has 0 spiro atoms. The Bertz CT molecular complexity index is 1310. The molecule has 5 heteroatoms. The molecule has 0 aliphatic heterocycles. The molecule has 0 radical (unpaired) electrons. The van der Waals surface area contributed by atoms with E-state index in [4.69, 9.17) is 4.74 Å². The van der Waals surface area contributed by atoms with Crippen molar-refractivity contribution in [1.29, 1.82) is 0 Å². The van der Waals surface area contributed by atoms with Gasteiger partial charge in [0.1, 0.15) is 16.5 Å². The van der Waals surface area contributed by atoms with Gasteiger partial charge in [0.25, 0.3) is 5.91 Å². The highest BCUT2D eigenvalue weighted by Gasteiger charge is 2.13. The summed E-state index contributed by atoms with van der Waals surface area (Å²) < 4.78 is 7.06. The number of amides is 1. The van der Waals surface area contributed by atoms with Crippen molar-refractivity contribution in [3.8, 4) is 22.1 Å². The minimum absolute atomic E-state index is 0.223. The highest BCUT2D eigenvalue weighted by atomic mass is 32.1. The number of thiazole rings is 1. The second-order valence-electron chi connectivity index (χ2n) is 6.93. The maximum atomic E-state index is 12.9. The predicted molar refractivity (Wildman–Crippen MR) is 126 cm³/mol. The molecule has 5 aromatic rings. The van der Waals surface area contributed by atoms with E-state index in [-0.39, 0.29) is 5.91 Å². The number of ether oxygens (including phenoxy) is 1. The molecule has 4 aromatic carbocycles. The summed E-state index contributed by atoms with van der Waals surface area (Å²) in [6.45, 7) is 0. The van der Waals surface area contributed by atoms with Crippen LogP contribution in [0.5, 0.6) is 11.5 Å². The van der Waals surface area contributed by atoms with Gasteiger partial charge >= 0.3 is 0 Å². The Labute approximate surface area is 183 Å². The van der Waals surface area contributed by atoms with Crippen molar-refractivity contribution in [2.45, 2.75) is 0 Å². The number of benzene rings is 4. The first-order valence-corrected chi connectivity index (χ1v) is 10.7. The summed E-state index contributed by atoms with van der Waals surface area (Å²) in [5.74, 6) is 0.972. The topological polar surface area (TPSA) is 51.2 Å². The number of aromatic nitrogens is 1. The van der Waals surface area contributed by atoms with Crippen LogP contribution in [0, 0.1) is 0 Å². The summed E-state index contributed by atoms with van der Waals surface area (Å²) in [6.07, 6.45) is 0. The van der Waals surface area contributed by atoms with Crippen LogP contribution < -0.4 is 10.1 Å². The van der Waals surface area contributed by atoms with E-state index in [1.807, 2.05) is 84.9 Å². The van der Waals surface area contributed by atoms with Gasteiger partial charge in [0.05, 0.1) is 15.8 Å². The van der Waals surface area contributed by atoms with Gasteiger partial charge in [0.2, 0.25) is 0 Å². The van der Waals surface area contributed by atoms with Crippen LogP contribution in [0.15, 0.2) is 103 Å². The van der Waals surface area contributed by atoms with Crippen molar-refractivity contribution in [3.05, 3.63) is 109 Å². The van der Waals surface area contributed by atoms with E-state index in [0.29, 0.717) is 22.7 Å². The summed E-state index contributed by atoms with van der Waals surface area (Å²) in [4.78, 5) is 17.6. The Morgan fingerprint density at radius 1 is 0.774 bits per heavy atom. The summed E-state index contributed by atoms with van der Waals surface area (Å²) in [5.41, 5.74) is 3.20. The van der Waals surface area contributed by atoms with Gasteiger partial charge < -0.3 is 10.1 Å². The first-order valence-electron chi connectivity index (χ1n) is 9.85. The SMILES string of the molecule is O=C(Nc1ccc(-c2nc3ccccc3s2)cc1)c1ccccc1Oc1ccccc1. The number of hydrogen-bond acceptors (Lipinski definition) is 4. The fourth-order valence-corrected chi connectivity index (χ4v) is 4.22. The second-order valence-corrected chi connectivity index (χ2v) is 7.96. The van der Waals surface area contributed by atoms with Gasteiger partial charge in [-0.25, -0.2) is 4.98 Å². The number of nitrogens with zero attached hydrogens (tertiary/aromatic N) is 1. The Morgan fingerprint density at radius 2 is 1.48 bits per heavy atom. The third kappa shape index (κ3) is 4.17. The number of fused-ring (bicyclic) bond motifs is 1. The maximum Gasteiger partial charge on any atom is 0.259 e. The van der Waals surface area contributed by atoms with Crippen molar-refractivity contribution in [2.24, 2.45) is 0 Å². The number of rotatable bonds is 5. The van der Waals surface area contributed by atoms with E-state index in [0.717, 1.165) is 20.8 Å². The van der Waals surface area contributed by atoms with Crippen molar-refractivity contribution in [3.63, 3.8) is 0 Å². The zero-order valence-electron chi connectivity index (χ0n) is 16.5. The molecular weight excluding hydrogens is 404 g/mol. The molecule has 0 aliphatic rings. The molecule has 0 fully saturated rings. The van der Waals surface area contributed by atoms with Gasteiger partial charge in [-0.2, -0.15) is 0 Å². The maximum absolute atomic E-state index is 12.9. The normalized spacial score (nSPS) is 10.7. The molecule has 0 saturated heterocycles.